The number of carbonyl (C=O) groups is 1. The highest BCUT2D eigenvalue weighted by Gasteiger charge is 2.35. The molecule has 1 atom stereocenters. The van der Waals surface area contributed by atoms with E-state index in [4.69, 9.17) is 12.2 Å². The molecule has 0 aliphatic heterocycles. The Morgan fingerprint density at radius 3 is 2.88 bits per heavy atom. The number of aromatic nitrogens is 2. The summed E-state index contributed by atoms with van der Waals surface area (Å²) in [5.41, 5.74) is 0.719. The molecule has 1 aromatic heterocycles. The first kappa shape index (κ1) is 16.9. The number of rotatable bonds is 4. The Kier molecular flexibility index (Phi) is 4.58. The highest BCUT2D eigenvalue weighted by molar-refractivity contribution is 7.71. The zero-order valence-corrected chi connectivity index (χ0v) is 14.9. The lowest BCUT2D eigenvalue weighted by atomic mass is 9.87. The number of nitrogens with zero attached hydrogens (tertiary/aromatic N) is 1. The maximum Gasteiger partial charge on any atom is 0.262 e. The fraction of sp³-hybridized carbons (Fsp3) is 0.500. The molecule has 0 radical (unpaired) electrons. The lowest BCUT2D eigenvalue weighted by Gasteiger charge is -2.27. The molecule has 5 nitrogen and oxygen atoms in total. The van der Waals surface area contributed by atoms with Crippen LogP contribution in [0.5, 0.6) is 0 Å². The highest BCUT2D eigenvalue weighted by atomic mass is 32.1. The van der Waals surface area contributed by atoms with Crippen LogP contribution >= 0.6 is 12.2 Å². The molecule has 2 aromatic rings. The maximum absolute atomic E-state index is 12.6. The van der Waals surface area contributed by atoms with Crippen LogP contribution in [0, 0.1) is 10.2 Å². The Morgan fingerprint density at radius 2 is 2.17 bits per heavy atom. The van der Waals surface area contributed by atoms with Crippen molar-refractivity contribution in [3.05, 3.63) is 39.4 Å². The van der Waals surface area contributed by atoms with E-state index in [0.29, 0.717) is 10.2 Å². The summed E-state index contributed by atoms with van der Waals surface area (Å²) in [4.78, 5) is 27.9. The van der Waals surface area contributed by atoms with Gasteiger partial charge in [0.25, 0.3) is 5.56 Å². The number of para-hydroxylation sites is 1. The summed E-state index contributed by atoms with van der Waals surface area (Å²) in [7, 11) is 0. The standard InChI is InChI=1S/C18H23N3O2S/c1-18(2)10-5-8-14(18)20-15(22)9-11-21-16(23)12-6-3-4-7-13(12)19-17(21)24/h3-4,6-7,14H,5,8-11H2,1-2H3,(H,19,24)(H,20,22)/t14-/m0/s1. The zero-order valence-electron chi connectivity index (χ0n) is 14.1. The topological polar surface area (TPSA) is 66.9 Å². The van der Waals surface area contributed by atoms with Gasteiger partial charge in [-0.05, 0) is 42.6 Å². The Morgan fingerprint density at radius 1 is 1.42 bits per heavy atom. The lowest BCUT2D eigenvalue weighted by Crippen LogP contribution is -2.42. The number of nitrogens with one attached hydrogen (secondary N) is 2. The van der Waals surface area contributed by atoms with Gasteiger partial charge < -0.3 is 10.3 Å². The molecule has 1 fully saturated rings. The Bertz CT molecular complexity index is 882. The number of hydrogen-bond acceptors (Lipinski definition) is 3. The van der Waals surface area contributed by atoms with Gasteiger partial charge in [0.05, 0.1) is 10.9 Å². The summed E-state index contributed by atoms with van der Waals surface area (Å²) in [5.74, 6) is -0.0237. The van der Waals surface area contributed by atoms with E-state index in [-0.39, 0.29) is 35.9 Å². The van der Waals surface area contributed by atoms with E-state index in [1.165, 1.54) is 4.57 Å². The van der Waals surface area contributed by atoms with Crippen LogP contribution in [0.3, 0.4) is 0 Å². The average molecular weight is 345 g/mol. The van der Waals surface area contributed by atoms with Gasteiger partial charge >= 0.3 is 0 Å². The lowest BCUT2D eigenvalue weighted by molar-refractivity contribution is -0.122. The number of H-pyrrole nitrogens is 1. The molecule has 1 heterocycles. The quantitative estimate of drug-likeness (QED) is 0.837. The molecule has 0 spiro atoms. The molecule has 6 heteroatoms. The first-order valence-corrected chi connectivity index (χ1v) is 8.80. The molecule has 3 rings (SSSR count). The number of amides is 1. The summed E-state index contributed by atoms with van der Waals surface area (Å²) < 4.78 is 1.82. The molecule has 1 aromatic carbocycles. The first-order valence-electron chi connectivity index (χ1n) is 8.40. The Labute approximate surface area is 146 Å². The molecule has 128 valence electrons. The summed E-state index contributed by atoms with van der Waals surface area (Å²) in [6, 6.07) is 7.48. The van der Waals surface area contributed by atoms with Gasteiger partial charge in [0.1, 0.15) is 0 Å². The largest absolute Gasteiger partial charge is 0.353 e. The second kappa shape index (κ2) is 6.51. The number of fused-ring (bicyclic) bond motifs is 1. The molecule has 1 aliphatic rings. The van der Waals surface area contributed by atoms with E-state index in [1.54, 1.807) is 6.07 Å². The smallest absolute Gasteiger partial charge is 0.262 e. The molecular weight excluding hydrogens is 322 g/mol. The van der Waals surface area contributed by atoms with E-state index in [9.17, 15) is 9.59 Å². The summed E-state index contributed by atoms with van der Waals surface area (Å²) in [5, 5.41) is 3.70. The SMILES string of the molecule is CC1(C)CCC[C@@H]1NC(=O)CCn1c(=S)[nH]c2ccccc2c1=O. The van der Waals surface area contributed by atoms with Gasteiger partial charge in [0.2, 0.25) is 5.91 Å². The molecule has 0 bridgehead atoms. The first-order chi connectivity index (χ1) is 11.4. The zero-order chi connectivity index (χ0) is 17.3. The molecule has 2 N–H and O–H groups in total. The molecule has 1 amide bonds. The van der Waals surface area contributed by atoms with E-state index < -0.39 is 0 Å². The van der Waals surface area contributed by atoms with Crippen molar-refractivity contribution in [1.82, 2.24) is 14.9 Å². The van der Waals surface area contributed by atoms with Gasteiger partial charge in [-0.25, -0.2) is 0 Å². The molecular formula is C18H23N3O2S. The van der Waals surface area contributed by atoms with Crippen molar-refractivity contribution in [3.8, 4) is 0 Å². The third kappa shape index (κ3) is 3.29. The molecule has 0 saturated heterocycles. The summed E-state index contributed by atoms with van der Waals surface area (Å²) in [6.45, 7) is 4.67. The molecule has 0 unspecified atom stereocenters. The van der Waals surface area contributed by atoms with Crippen molar-refractivity contribution < 1.29 is 4.79 Å². The van der Waals surface area contributed by atoms with E-state index in [0.717, 1.165) is 24.8 Å². The number of aromatic amines is 1. The van der Waals surface area contributed by atoms with Gasteiger partial charge in [-0.2, -0.15) is 0 Å². The summed E-state index contributed by atoms with van der Waals surface area (Å²) in [6.07, 6.45) is 3.55. The van der Waals surface area contributed by atoms with Gasteiger partial charge in [-0.3, -0.25) is 14.2 Å². The van der Waals surface area contributed by atoms with Gasteiger partial charge in [-0.1, -0.05) is 32.4 Å². The van der Waals surface area contributed by atoms with E-state index in [2.05, 4.69) is 24.1 Å². The third-order valence-electron chi connectivity index (χ3n) is 5.04. The second-order valence-electron chi connectivity index (χ2n) is 7.18. The fourth-order valence-corrected chi connectivity index (χ4v) is 3.76. The van der Waals surface area contributed by atoms with Crippen molar-refractivity contribution in [1.29, 1.82) is 0 Å². The predicted octanol–water partition coefficient (Wildman–Crippen LogP) is 3.14. The van der Waals surface area contributed by atoms with Crippen LogP contribution in [0.15, 0.2) is 29.1 Å². The van der Waals surface area contributed by atoms with Gasteiger partial charge in [0.15, 0.2) is 4.77 Å². The monoisotopic (exact) mass is 345 g/mol. The van der Waals surface area contributed by atoms with Crippen LogP contribution in [0.2, 0.25) is 0 Å². The van der Waals surface area contributed by atoms with Crippen molar-refractivity contribution in [2.45, 2.75) is 52.1 Å². The second-order valence-corrected chi connectivity index (χ2v) is 7.57. The van der Waals surface area contributed by atoms with Crippen LogP contribution in [0.4, 0.5) is 0 Å². The van der Waals surface area contributed by atoms with Crippen LogP contribution in [-0.4, -0.2) is 21.5 Å². The molecule has 1 aliphatic carbocycles. The van der Waals surface area contributed by atoms with E-state index in [1.807, 2.05) is 18.2 Å². The molecule has 24 heavy (non-hydrogen) atoms. The number of hydrogen-bond donors (Lipinski definition) is 2. The van der Waals surface area contributed by atoms with Crippen molar-refractivity contribution in [3.63, 3.8) is 0 Å². The minimum Gasteiger partial charge on any atom is -0.353 e. The van der Waals surface area contributed by atoms with Gasteiger partial charge in [0, 0.05) is 19.0 Å². The number of benzene rings is 1. The Hall–Kier alpha value is -1.95. The normalized spacial score (nSPS) is 19.5. The van der Waals surface area contributed by atoms with Crippen LogP contribution in [0.25, 0.3) is 10.9 Å². The van der Waals surface area contributed by atoms with Gasteiger partial charge in [-0.15, -0.1) is 0 Å². The summed E-state index contributed by atoms with van der Waals surface area (Å²) >= 11 is 5.27. The predicted molar refractivity (Wildman–Crippen MR) is 97.6 cm³/mol. The minimum absolute atomic E-state index is 0.0237. The molecule has 1 saturated carbocycles. The van der Waals surface area contributed by atoms with Crippen LogP contribution in [0.1, 0.15) is 39.5 Å². The van der Waals surface area contributed by atoms with Crippen LogP contribution < -0.4 is 10.9 Å². The van der Waals surface area contributed by atoms with Crippen LogP contribution in [-0.2, 0) is 11.3 Å². The maximum atomic E-state index is 12.6. The third-order valence-corrected chi connectivity index (χ3v) is 5.37. The Balaban J connectivity index is 1.73. The highest BCUT2D eigenvalue weighted by Crippen LogP contribution is 2.37. The average Bonchev–Trinajstić information content (AvgIpc) is 2.85. The fourth-order valence-electron chi connectivity index (χ4n) is 3.48. The van der Waals surface area contributed by atoms with Crippen molar-refractivity contribution in [2.75, 3.05) is 0 Å². The van der Waals surface area contributed by atoms with Crippen molar-refractivity contribution in [2.24, 2.45) is 5.41 Å². The van der Waals surface area contributed by atoms with Crippen molar-refractivity contribution >= 4 is 29.0 Å². The minimum atomic E-state index is -0.150. The van der Waals surface area contributed by atoms with E-state index >= 15 is 0 Å². The number of carbonyl (C=O) groups excluding carboxylic acids is 1.